The van der Waals surface area contributed by atoms with Gasteiger partial charge in [0.1, 0.15) is 0 Å². The van der Waals surface area contributed by atoms with Crippen molar-refractivity contribution in [2.24, 2.45) is 5.73 Å². The van der Waals surface area contributed by atoms with Gasteiger partial charge in [0.05, 0.1) is 15.9 Å². The third-order valence-corrected chi connectivity index (χ3v) is 4.69. The summed E-state index contributed by atoms with van der Waals surface area (Å²) in [5.74, 6) is 0. The largest absolute Gasteiger partial charge is 0.392 e. The molecule has 0 spiro atoms. The highest BCUT2D eigenvalue weighted by atomic mass is 35.5. The maximum atomic E-state index is 12.4. The topological polar surface area (TPSA) is 72.2 Å². The van der Waals surface area contributed by atoms with E-state index in [4.69, 9.17) is 29.6 Å². The maximum Gasteiger partial charge on any atom is 0.241 e. The number of hydrogen-bond donors (Lipinski definition) is 2. The molecule has 4 nitrogen and oxygen atoms in total. The number of nitrogens with one attached hydrogen (secondary N) is 1. The lowest BCUT2D eigenvalue weighted by atomic mass is 10.1. The highest BCUT2D eigenvalue weighted by molar-refractivity contribution is 7.89. The zero-order chi connectivity index (χ0) is 15.5. The summed E-state index contributed by atoms with van der Waals surface area (Å²) in [5, 5.41) is 0.337. The van der Waals surface area contributed by atoms with Gasteiger partial charge in [0.2, 0.25) is 10.0 Å². The fourth-order valence-electron chi connectivity index (χ4n) is 1.79. The molecule has 110 valence electrons. The molecule has 7 heteroatoms. The third kappa shape index (κ3) is 4.01. The number of thiocarbonyl (C=S) groups is 1. The van der Waals surface area contributed by atoms with E-state index in [1.54, 1.807) is 36.4 Å². The van der Waals surface area contributed by atoms with Gasteiger partial charge in [-0.05, 0) is 23.8 Å². The Balaban J connectivity index is 2.35. The molecule has 0 aliphatic rings. The van der Waals surface area contributed by atoms with Crippen molar-refractivity contribution in [3.63, 3.8) is 0 Å². The van der Waals surface area contributed by atoms with Crippen LogP contribution in [-0.4, -0.2) is 13.4 Å². The molecule has 1 atom stereocenters. The molecule has 1 unspecified atom stereocenters. The van der Waals surface area contributed by atoms with Crippen molar-refractivity contribution >= 4 is 38.8 Å². The van der Waals surface area contributed by atoms with Gasteiger partial charge in [0.15, 0.2) is 0 Å². The highest BCUT2D eigenvalue weighted by Gasteiger charge is 2.23. The molecule has 2 rings (SSSR count). The van der Waals surface area contributed by atoms with Gasteiger partial charge >= 0.3 is 0 Å². The molecule has 2 aromatic carbocycles. The molecule has 0 aliphatic carbocycles. The van der Waals surface area contributed by atoms with Crippen LogP contribution in [0.15, 0.2) is 59.5 Å². The maximum absolute atomic E-state index is 12.4. The van der Waals surface area contributed by atoms with Crippen molar-refractivity contribution in [2.75, 3.05) is 0 Å². The summed E-state index contributed by atoms with van der Waals surface area (Å²) in [6.45, 7) is 0. The Labute approximate surface area is 134 Å². The monoisotopic (exact) mass is 340 g/mol. The molecule has 2 aromatic rings. The van der Waals surface area contributed by atoms with Crippen LogP contribution in [0.25, 0.3) is 0 Å². The first-order valence-corrected chi connectivity index (χ1v) is 8.29. The molecule has 0 aromatic heterocycles. The van der Waals surface area contributed by atoms with Crippen molar-refractivity contribution in [3.05, 3.63) is 65.2 Å². The molecule has 0 amide bonds. The van der Waals surface area contributed by atoms with Gasteiger partial charge in [-0.15, -0.1) is 0 Å². The zero-order valence-electron chi connectivity index (χ0n) is 10.9. The molecular formula is C14H13ClN2O2S2. The predicted octanol–water partition coefficient (Wildman–Crippen LogP) is 2.65. The molecule has 0 heterocycles. The molecule has 0 fully saturated rings. The van der Waals surface area contributed by atoms with Crippen LogP contribution >= 0.6 is 23.8 Å². The highest BCUT2D eigenvalue weighted by Crippen LogP contribution is 2.20. The number of benzene rings is 2. The summed E-state index contributed by atoms with van der Waals surface area (Å²) in [4.78, 5) is 0.110. The Morgan fingerprint density at radius 1 is 1.14 bits per heavy atom. The number of hydrogen-bond acceptors (Lipinski definition) is 3. The van der Waals surface area contributed by atoms with Gasteiger partial charge in [-0.1, -0.05) is 60.2 Å². The minimum absolute atomic E-state index is 0.0480. The van der Waals surface area contributed by atoms with Crippen molar-refractivity contribution in [2.45, 2.75) is 10.9 Å². The van der Waals surface area contributed by atoms with Gasteiger partial charge in [-0.3, -0.25) is 0 Å². The number of rotatable bonds is 5. The summed E-state index contributed by atoms with van der Waals surface area (Å²) in [7, 11) is -3.78. The van der Waals surface area contributed by atoms with Crippen molar-refractivity contribution in [1.29, 1.82) is 0 Å². The van der Waals surface area contributed by atoms with Crippen molar-refractivity contribution < 1.29 is 8.42 Å². The first-order chi connectivity index (χ1) is 9.90. The molecule has 3 N–H and O–H groups in total. The van der Waals surface area contributed by atoms with Crippen LogP contribution in [0, 0.1) is 0 Å². The average molecular weight is 341 g/mol. The summed E-state index contributed by atoms with van der Waals surface area (Å²) < 4.78 is 27.3. The molecule has 21 heavy (non-hydrogen) atoms. The Bertz CT molecular complexity index is 749. The number of nitrogens with two attached hydrogens (primary N) is 1. The van der Waals surface area contributed by atoms with Crippen molar-refractivity contribution in [3.8, 4) is 0 Å². The lowest BCUT2D eigenvalue weighted by Gasteiger charge is -2.18. The first kappa shape index (κ1) is 15.9. The van der Waals surface area contributed by atoms with Crippen LogP contribution in [0.1, 0.15) is 11.6 Å². The second kappa shape index (κ2) is 6.53. The van der Waals surface area contributed by atoms with E-state index in [1.807, 2.05) is 6.07 Å². The van der Waals surface area contributed by atoms with Gasteiger partial charge in [0, 0.05) is 5.02 Å². The number of sulfonamides is 1. The zero-order valence-corrected chi connectivity index (χ0v) is 13.3. The SMILES string of the molecule is NC(=S)C(NS(=O)(=O)c1cccc(Cl)c1)c1ccccc1. The molecular weight excluding hydrogens is 328 g/mol. The van der Waals surface area contributed by atoms with E-state index in [0.29, 0.717) is 10.6 Å². The first-order valence-electron chi connectivity index (χ1n) is 6.02. The van der Waals surface area contributed by atoms with E-state index >= 15 is 0 Å². The predicted molar refractivity (Wildman–Crippen MR) is 87.7 cm³/mol. The second-order valence-electron chi connectivity index (χ2n) is 4.32. The summed E-state index contributed by atoms with van der Waals surface area (Å²) in [6, 6.07) is 14.1. The molecule has 0 saturated carbocycles. The van der Waals surface area contributed by atoms with E-state index in [9.17, 15) is 8.42 Å². The Kier molecular flexibility index (Phi) is 4.95. The molecule has 0 radical (unpaired) electrons. The summed E-state index contributed by atoms with van der Waals surface area (Å²) >= 11 is 10.8. The van der Waals surface area contributed by atoms with Gasteiger partial charge < -0.3 is 5.73 Å². The minimum Gasteiger partial charge on any atom is -0.392 e. The summed E-state index contributed by atoms with van der Waals surface area (Å²) in [5.41, 5.74) is 6.34. The van der Waals surface area contributed by atoms with Crippen molar-refractivity contribution in [1.82, 2.24) is 4.72 Å². The fourth-order valence-corrected chi connectivity index (χ4v) is 3.57. The Hall–Kier alpha value is -1.47. The van der Waals surface area contributed by atoms with E-state index in [-0.39, 0.29) is 9.88 Å². The second-order valence-corrected chi connectivity index (χ2v) is 6.95. The van der Waals surface area contributed by atoms with E-state index in [1.165, 1.54) is 12.1 Å². The van der Waals surface area contributed by atoms with Gasteiger partial charge in [-0.2, -0.15) is 4.72 Å². The Morgan fingerprint density at radius 3 is 2.38 bits per heavy atom. The van der Waals surface area contributed by atoms with E-state index < -0.39 is 16.1 Å². The smallest absolute Gasteiger partial charge is 0.241 e. The lowest BCUT2D eigenvalue weighted by Crippen LogP contribution is -2.36. The molecule has 0 bridgehead atoms. The van der Waals surface area contributed by atoms with Gasteiger partial charge in [-0.25, -0.2) is 8.42 Å². The average Bonchev–Trinajstić information content (AvgIpc) is 2.45. The van der Waals surface area contributed by atoms with E-state index in [0.717, 1.165) is 0 Å². The fraction of sp³-hybridized carbons (Fsp3) is 0.0714. The quantitative estimate of drug-likeness (QED) is 0.821. The standard InChI is InChI=1S/C14H13ClN2O2S2/c15-11-7-4-8-12(9-11)21(18,19)17-13(14(16)20)10-5-2-1-3-6-10/h1-9,13,17H,(H2,16,20). The summed E-state index contributed by atoms with van der Waals surface area (Å²) in [6.07, 6.45) is 0. The Morgan fingerprint density at radius 2 is 1.81 bits per heavy atom. The number of halogens is 1. The van der Waals surface area contributed by atoms with E-state index in [2.05, 4.69) is 4.72 Å². The van der Waals surface area contributed by atoms with Crippen LogP contribution in [-0.2, 0) is 10.0 Å². The molecule has 0 saturated heterocycles. The van der Waals surface area contributed by atoms with Crippen LogP contribution in [0.4, 0.5) is 0 Å². The third-order valence-electron chi connectivity index (χ3n) is 2.80. The van der Waals surface area contributed by atoms with Gasteiger partial charge in [0.25, 0.3) is 0 Å². The van der Waals surface area contributed by atoms with Crippen LogP contribution in [0.5, 0.6) is 0 Å². The van der Waals surface area contributed by atoms with Crippen LogP contribution in [0.3, 0.4) is 0 Å². The molecule has 0 aliphatic heterocycles. The lowest BCUT2D eigenvalue weighted by molar-refractivity contribution is 0.577. The normalized spacial score (nSPS) is 12.8. The van der Waals surface area contributed by atoms with Crippen LogP contribution < -0.4 is 10.5 Å². The van der Waals surface area contributed by atoms with Crippen LogP contribution in [0.2, 0.25) is 5.02 Å². The minimum atomic E-state index is -3.78.